The van der Waals surface area contributed by atoms with E-state index < -0.39 is 0 Å². The van der Waals surface area contributed by atoms with Gasteiger partial charge in [-0.05, 0) is 12.1 Å². The monoisotopic (exact) mass is 390 g/mol. The minimum atomic E-state index is -0.0425. The van der Waals surface area contributed by atoms with E-state index in [2.05, 4.69) is 40.9 Å². The van der Waals surface area contributed by atoms with E-state index in [9.17, 15) is 4.79 Å². The smallest absolute Gasteiger partial charge is 0.238 e. The van der Waals surface area contributed by atoms with Crippen LogP contribution in [0, 0.1) is 0 Å². The molecule has 0 aliphatic carbocycles. The highest BCUT2D eigenvalue weighted by molar-refractivity contribution is 6.33. The lowest BCUT2D eigenvalue weighted by atomic mass is 9.94. The molecule has 1 fully saturated rings. The van der Waals surface area contributed by atoms with Gasteiger partial charge in [-0.15, -0.1) is 0 Å². The summed E-state index contributed by atoms with van der Waals surface area (Å²) in [5.74, 6) is 1.62. The average molecular weight is 391 g/mol. The number of oxazole rings is 1. The first-order chi connectivity index (χ1) is 12.8. The number of amides is 1. The van der Waals surface area contributed by atoms with Gasteiger partial charge in [0.05, 0.1) is 30.0 Å². The number of halogens is 1. The van der Waals surface area contributed by atoms with Crippen LogP contribution in [0.5, 0.6) is 0 Å². The van der Waals surface area contributed by atoms with E-state index in [1.165, 1.54) is 0 Å². The van der Waals surface area contributed by atoms with E-state index in [0.29, 0.717) is 23.8 Å². The van der Waals surface area contributed by atoms with E-state index in [1.54, 1.807) is 12.1 Å². The highest BCUT2D eigenvalue weighted by atomic mass is 35.5. The second-order valence-corrected chi connectivity index (χ2v) is 8.36. The lowest BCUT2D eigenvalue weighted by Gasteiger charge is -2.33. The molecule has 1 aromatic heterocycles. The number of piperazine rings is 1. The van der Waals surface area contributed by atoms with E-state index >= 15 is 0 Å². The van der Waals surface area contributed by atoms with Gasteiger partial charge in [0.15, 0.2) is 0 Å². The normalized spacial score (nSPS) is 16.4. The summed E-state index contributed by atoms with van der Waals surface area (Å²) in [6, 6.07) is 7.27. The molecule has 0 saturated carbocycles. The van der Waals surface area contributed by atoms with E-state index in [-0.39, 0.29) is 11.3 Å². The van der Waals surface area contributed by atoms with Crippen molar-refractivity contribution in [2.24, 2.45) is 0 Å². The highest BCUT2D eigenvalue weighted by Gasteiger charge is 2.23. The first-order valence-electron chi connectivity index (χ1n) is 9.25. The average Bonchev–Trinajstić information content (AvgIpc) is 3.08. The molecule has 0 unspecified atom stereocenters. The topological polar surface area (TPSA) is 61.6 Å². The van der Waals surface area contributed by atoms with Crippen LogP contribution in [-0.4, -0.2) is 53.4 Å². The lowest BCUT2D eigenvalue weighted by molar-refractivity contribution is -0.117. The third kappa shape index (κ3) is 5.54. The van der Waals surface area contributed by atoms with Crippen molar-refractivity contribution in [3.63, 3.8) is 0 Å². The molecular formula is C20H27ClN4O2. The molecule has 146 valence electrons. The maximum atomic E-state index is 12.3. The number of hydrogen-bond donors (Lipinski definition) is 1. The fraction of sp³-hybridized carbons (Fsp3) is 0.500. The third-order valence-corrected chi connectivity index (χ3v) is 4.96. The number of rotatable bonds is 5. The Kier molecular flexibility index (Phi) is 6.19. The van der Waals surface area contributed by atoms with Gasteiger partial charge in [0.2, 0.25) is 11.8 Å². The van der Waals surface area contributed by atoms with Crippen molar-refractivity contribution in [2.45, 2.75) is 32.7 Å². The molecule has 7 heteroatoms. The Labute approximate surface area is 165 Å². The summed E-state index contributed by atoms with van der Waals surface area (Å²) in [6.45, 7) is 10.9. The number of benzene rings is 1. The molecule has 1 aromatic carbocycles. The summed E-state index contributed by atoms with van der Waals surface area (Å²) in [6.07, 6.45) is 1.82. The summed E-state index contributed by atoms with van der Waals surface area (Å²) in [5, 5.41) is 3.43. The lowest BCUT2D eigenvalue weighted by Crippen LogP contribution is -2.48. The van der Waals surface area contributed by atoms with E-state index in [0.717, 1.165) is 37.8 Å². The van der Waals surface area contributed by atoms with Gasteiger partial charge in [0.25, 0.3) is 0 Å². The van der Waals surface area contributed by atoms with Gasteiger partial charge in [0, 0.05) is 31.6 Å². The second-order valence-electron chi connectivity index (χ2n) is 7.95. The van der Waals surface area contributed by atoms with Crippen molar-refractivity contribution < 1.29 is 9.21 Å². The van der Waals surface area contributed by atoms with Crippen LogP contribution in [0.15, 0.2) is 34.9 Å². The number of carbonyl (C=O) groups is 1. The molecule has 27 heavy (non-hydrogen) atoms. The van der Waals surface area contributed by atoms with Gasteiger partial charge in [-0.3, -0.25) is 14.6 Å². The fourth-order valence-electron chi connectivity index (χ4n) is 2.98. The summed E-state index contributed by atoms with van der Waals surface area (Å²) < 4.78 is 5.88. The number of para-hydroxylation sites is 1. The molecular weight excluding hydrogens is 364 g/mol. The van der Waals surface area contributed by atoms with Crippen LogP contribution in [0.4, 0.5) is 5.69 Å². The molecule has 0 atom stereocenters. The van der Waals surface area contributed by atoms with Gasteiger partial charge in [0.1, 0.15) is 5.76 Å². The Morgan fingerprint density at radius 3 is 2.48 bits per heavy atom. The zero-order valence-corrected chi connectivity index (χ0v) is 16.9. The molecule has 1 amide bonds. The van der Waals surface area contributed by atoms with Crippen molar-refractivity contribution >= 4 is 23.2 Å². The molecule has 2 aromatic rings. The minimum absolute atomic E-state index is 0.0288. The van der Waals surface area contributed by atoms with Crippen LogP contribution in [0.1, 0.15) is 32.4 Å². The van der Waals surface area contributed by atoms with Crippen molar-refractivity contribution in [2.75, 3.05) is 38.0 Å². The summed E-state index contributed by atoms with van der Waals surface area (Å²) in [5.41, 5.74) is 0.625. The Bertz CT molecular complexity index is 776. The molecule has 0 bridgehead atoms. The van der Waals surface area contributed by atoms with Crippen molar-refractivity contribution in [3.05, 3.63) is 47.1 Å². The zero-order valence-electron chi connectivity index (χ0n) is 16.2. The van der Waals surface area contributed by atoms with Crippen LogP contribution in [-0.2, 0) is 16.8 Å². The Morgan fingerprint density at radius 1 is 1.19 bits per heavy atom. The SMILES string of the molecule is CC(C)(C)c1cnc(CN2CCN(CC(=O)Nc3ccccc3Cl)CC2)o1. The molecule has 1 N–H and O–H groups in total. The molecule has 0 radical (unpaired) electrons. The quantitative estimate of drug-likeness (QED) is 0.847. The van der Waals surface area contributed by atoms with Gasteiger partial charge >= 0.3 is 0 Å². The van der Waals surface area contributed by atoms with Crippen molar-refractivity contribution in [3.8, 4) is 0 Å². The van der Waals surface area contributed by atoms with Gasteiger partial charge < -0.3 is 9.73 Å². The van der Waals surface area contributed by atoms with Crippen LogP contribution in [0.2, 0.25) is 5.02 Å². The number of nitrogens with zero attached hydrogens (tertiary/aromatic N) is 3. The van der Waals surface area contributed by atoms with Crippen LogP contribution >= 0.6 is 11.6 Å². The molecule has 2 heterocycles. The largest absolute Gasteiger partial charge is 0.444 e. The fourth-order valence-corrected chi connectivity index (χ4v) is 3.17. The second kappa shape index (κ2) is 8.42. The first-order valence-corrected chi connectivity index (χ1v) is 9.63. The first kappa shape index (κ1) is 19.9. The summed E-state index contributed by atoms with van der Waals surface area (Å²) in [7, 11) is 0. The summed E-state index contributed by atoms with van der Waals surface area (Å²) >= 11 is 6.09. The number of anilines is 1. The zero-order chi connectivity index (χ0) is 19.4. The van der Waals surface area contributed by atoms with E-state index in [4.69, 9.17) is 16.0 Å². The number of carbonyl (C=O) groups excluding carboxylic acids is 1. The Hall–Kier alpha value is -1.89. The number of aromatic nitrogens is 1. The van der Waals surface area contributed by atoms with Crippen LogP contribution in [0.3, 0.4) is 0 Å². The molecule has 3 rings (SSSR count). The van der Waals surface area contributed by atoms with Crippen LogP contribution in [0.25, 0.3) is 0 Å². The van der Waals surface area contributed by atoms with Gasteiger partial charge in [-0.2, -0.15) is 0 Å². The molecule has 1 aliphatic rings. The molecule has 1 saturated heterocycles. The Balaban J connectivity index is 1.44. The predicted molar refractivity (Wildman–Crippen MR) is 107 cm³/mol. The summed E-state index contributed by atoms with van der Waals surface area (Å²) in [4.78, 5) is 21.1. The Morgan fingerprint density at radius 2 is 1.85 bits per heavy atom. The molecule has 6 nitrogen and oxygen atoms in total. The van der Waals surface area contributed by atoms with Crippen molar-refractivity contribution in [1.82, 2.24) is 14.8 Å². The minimum Gasteiger partial charge on any atom is -0.444 e. The molecule has 0 spiro atoms. The molecule has 1 aliphatic heterocycles. The third-order valence-electron chi connectivity index (χ3n) is 4.63. The maximum absolute atomic E-state index is 12.3. The standard InChI is InChI=1S/C20H27ClN4O2/c1-20(2,3)17-12-22-19(27-17)14-25-10-8-24(9-11-25)13-18(26)23-16-7-5-4-6-15(16)21/h4-7,12H,8-11,13-14H2,1-3H3,(H,23,26). The van der Waals surface area contributed by atoms with Gasteiger partial charge in [-0.25, -0.2) is 4.98 Å². The van der Waals surface area contributed by atoms with Crippen LogP contribution < -0.4 is 5.32 Å². The highest BCUT2D eigenvalue weighted by Crippen LogP contribution is 2.23. The predicted octanol–water partition coefficient (Wildman–Crippen LogP) is 3.38. The van der Waals surface area contributed by atoms with E-state index in [1.807, 2.05) is 18.3 Å². The number of nitrogens with one attached hydrogen (secondary N) is 1. The van der Waals surface area contributed by atoms with Crippen molar-refractivity contribution in [1.29, 1.82) is 0 Å². The van der Waals surface area contributed by atoms with Gasteiger partial charge in [-0.1, -0.05) is 44.5 Å². The number of hydrogen-bond acceptors (Lipinski definition) is 5. The maximum Gasteiger partial charge on any atom is 0.238 e.